The average molecular weight is 356 g/mol. The van der Waals surface area contributed by atoms with Crippen molar-refractivity contribution in [3.63, 3.8) is 0 Å². The monoisotopic (exact) mass is 356 g/mol. The van der Waals surface area contributed by atoms with Gasteiger partial charge < -0.3 is 30.3 Å². The molecule has 0 heterocycles. The van der Waals surface area contributed by atoms with Crippen LogP contribution in [0.1, 0.15) is 42.1 Å². The molecule has 1 rings (SSSR count). The molecule has 0 aliphatic rings. The smallest absolute Gasteiger partial charge is 0.338 e. The van der Waals surface area contributed by atoms with Crippen molar-refractivity contribution in [2.75, 3.05) is 13.2 Å². The van der Waals surface area contributed by atoms with E-state index in [2.05, 4.69) is 6.92 Å². The minimum atomic E-state index is -1.75. The lowest BCUT2D eigenvalue weighted by Gasteiger charge is -2.25. The summed E-state index contributed by atoms with van der Waals surface area (Å²) in [5, 5.41) is 46.8. The second kappa shape index (κ2) is 11.2. The van der Waals surface area contributed by atoms with Crippen molar-refractivity contribution in [1.82, 2.24) is 0 Å². The van der Waals surface area contributed by atoms with Crippen LogP contribution in [0.3, 0.4) is 0 Å². The number of carbonyl (C=O) groups excluding carboxylic acids is 1. The Hall–Kier alpha value is -1.51. The van der Waals surface area contributed by atoms with Crippen molar-refractivity contribution >= 4 is 5.97 Å². The molecule has 0 spiro atoms. The van der Waals surface area contributed by atoms with Crippen LogP contribution < -0.4 is 0 Å². The first-order chi connectivity index (χ1) is 11.9. The molecule has 25 heavy (non-hydrogen) atoms. The Morgan fingerprint density at radius 3 is 2.16 bits per heavy atom. The molecular formula is C18H28O7. The highest BCUT2D eigenvalue weighted by atomic mass is 16.5. The maximum absolute atomic E-state index is 11.9. The van der Waals surface area contributed by atoms with E-state index in [-0.39, 0.29) is 0 Å². The lowest BCUT2D eigenvalue weighted by molar-refractivity contribution is -0.124. The summed E-state index contributed by atoms with van der Waals surface area (Å²) in [5.41, 5.74) is 1.44. The molecule has 0 aliphatic carbocycles. The first-order valence-corrected chi connectivity index (χ1v) is 8.49. The molecule has 5 N–H and O–H groups in total. The second-order valence-electron chi connectivity index (χ2n) is 6.05. The van der Waals surface area contributed by atoms with Crippen molar-refractivity contribution in [2.45, 2.75) is 57.0 Å². The van der Waals surface area contributed by atoms with Gasteiger partial charge in [0, 0.05) is 0 Å². The van der Waals surface area contributed by atoms with E-state index in [1.54, 1.807) is 12.1 Å². The van der Waals surface area contributed by atoms with Gasteiger partial charge in [0.05, 0.1) is 12.2 Å². The third kappa shape index (κ3) is 7.09. The Morgan fingerprint density at radius 1 is 1.00 bits per heavy atom. The SMILES string of the molecule is CCCCCc1ccc(C(=O)OC[C@@H](O)[C@@H](O)[C@H](O)[C@@H](O)CO)cc1. The molecule has 7 heteroatoms. The number of hydrogen-bond donors (Lipinski definition) is 5. The van der Waals surface area contributed by atoms with Crippen molar-refractivity contribution in [3.05, 3.63) is 35.4 Å². The lowest BCUT2D eigenvalue weighted by Crippen LogP contribution is -2.47. The normalized spacial score (nSPS) is 16.1. The van der Waals surface area contributed by atoms with E-state index in [0.29, 0.717) is 5.56 Å². The fraction of sp³-hybridized carbons (Fsp3) is 0.611. The standard InChI is InChI=1S/C18H28O7/c1-2-3-4-5-12-6-8-13(9-7-12)18(24)25-11-15(21)17(23)16(22)14(20)10-19/h6-9,14-17,19-23H,2-5,10-11H2,1H3/t14-,15+,16+,17+/m0/s1. The first kappa shape index (κ1) is 21.5. The predicted octanol–water partition coefficient (Wildman–Crippen LogP) is 0.0120. The van der Waals surface area contributed by atoms with Gasteiger partial charge in [0.25, 0.3) is 0 Å². The van der Waals surface area contributed by atoms with Gasteiger partial charge in [0.1, 0.15) is 31.0 Å². The van der Waals surface area contributed by atoms with Crippen LogP contribution in [0.25, 0.3) is 0 Å². The van der Waals surface area contributed by atoms with Gasteiger partial charge in [0.15, 0.2) is 0 Å². The van der Waals surface area contributed by atoms with Gasteiger partial charge in [-0.2, -0.15) is 0 Å². The predicted molar refractivity (Wildman–Crippen MR) is 91.1 cm³/mol. The summed E-state index contributed by atoms with van der Waals surface area (Å²) >= 11 is 0. The molecular weight excluding hydrogens is 328 g/mol. The average Bonchev–Trinajstić information content (AvgIpc) is 2.64. The number of rotatable bonds is 11. The summed E-state index contributed by atoms with van der Waals surface area (Å²) in [6, 6.07) is 6.96. The molecule has 4 atom stereocenters. The highest BCUT2D eigenvalue weighted by Crippen LogP contribution is 2.11. The summed E-state index contributed by atoms with van der Waals surface area (Å²) in [7, 11) is 0. The highest BCUT2D eigenvalue weighted by Gasteiger charge is 2.30. The van der Waals surface area contributed by atoms with Gasteiger partial charge in [-0.3, -0.25) is 0 Å². The molecule has 142 valence electrons. The van der Waals surface area contributed by atoms with E-state index >= 15 is 0 Å². The summed E-state index contributed by atoms with van der Waals surface area (Å²) in [6.45, 7) is 0.816. The molecule has 0 unspecified atom stereocenters. The molecule has 0 aromatic heterocycles. The van der Waals surface area contributed by atoms with E-state index < -0.39 is 43.6 Å². The Bertz CT molecular complexity index is 503. The second-order valence-corrected chi connectivity index (χ2v) is 6.05. The number of carbonyl (C=O) groups is 1. The zero-order valence-electron chi connectivity index (χ0n) is 14.4. The molecule has 1 aromatic rings. The minimum absolute atomic E-state index is 0.317. The number of hydrogen-bond acceptors (Lipinski definition) is 7. The van der Waals surface area contributed by atoms with Gasteiger partial charge in [-0.15, -0.1) is 0 Å². The molecule has 0 saturated carbocycles. The number of benzene rings is 1. The number of aryl methyl sites for hydroxylation is 1. The minimum Gasteiger partial charge on any atom is -0.459 e. The van der Waals surface area contributed by atoms with Gasteiger partial charge in [-0.05, 0) is 30.5 Å². The van der Waals surface area contributed by atoms with Gasteiger partial charge in [-0.1, -0.05) is 31.9 Å². The Labute approximate surface area is 147 Å². The van der Waals surface area contributed by atoms with Crippen LogP contribution in [0.4, 0.5) is 0 Å². The van der Waals surface area contributed by atoms with Crippen LogP contribution in [0.5, 0.6) is 0 Å². The molecule has 0 fully saturated rings. The van der Waals surface area contributed by atoms with Gasteiger partial charge in [-0.25, -0.2) is 4.79 Å². The van der Waals surface area contributed by atoms with Crippen LogP contribution in [-0.2, 0) is 11.2 Å². The van der Waals surface area contributed by atoms with Crippen molar-refractivity contribution in [2.24, 2.45) is 0 Å². The van der Waals surface area contributed by atoms with E-state index in [1.807, 2.05) is 12.1 Å². The lowest BCUT2D eigenvalue weighted by atomic mass is 10.0. The van der Waals surface area contributed by atoms with Crippen molar-refractivity contribution in [1.29, 1.82) is 0 Å². The zero-order valence-corrected chi connectivity index (χ0v) is 14.4. The van der Waals surface area contributed by atoms with Crippen LogP contribution >= 0.6 is 0 Å². The van der Waals surface area contributed by atoms with E-state index in [4.69, 9.17) is 9.84 Å². The molecule has 1 aromatic carbocycles. The number of aliphatic hydroxyl groups is 5. The van der Waals surface area contributed by atoms with Crippen LogP contribution in [0.2, 0.25) is 0 Å². The van der Waals surface area contributed by atoms with Gasteiger partial charge >= 0.3 is 5.97 Å². The Balaban J connectivity index is 2.47. The van der Waals surface area contributed by atoms with E-state index in [9.17, 15) is 25.2 Å². The third-order valence-electron chi connectivity index (χ3n) is 3.97. The maximum Gasteiger partial charge on any atom is 0.338 e. The number of aliphatic hydroxyl groups excluding tert-OH is 5. The van der Waals surface area contributed by atoms with E-state index in [0.717, 1.165) is 31.2 Å². The molecule has 0 bridgehead atoms. The van der Waals surface area contributed by atoms with Gasteiger partial charge in [0.2, 0.25) is 0 Å². The van der Waals surface area contributed by atoms with Crippen LogP contribution in [-0.4, -0.2) is 69.1 Å². The largest absolute Gasteiger partial charge is 0.459 e. The summed E-state index contributed by atoms with van der Waals surface area (Å²) in [5.74, 6) is -0.663. The molecule has 0 radical (unpaired) electrons. The number of esters is 1. The fourth-order valence-electron chi connectivity index (χ4n) is 2.29. The Morgan fingerprint density at radius 2 is 1.60 bits per heavy atom. The van der Waals surface area contributed by atoms with Crippen molar-refractivity contribution in [3.8, 4) is 0 Å². The topological polar surface area (TPSA) is 127 Å². The highest BCUT2D eigenvalue weighted by molar-refractivity contribution is 5.89. The van der Waals surface area contributed by atoms with Crippen LogP contribution in [0, 0.1) is 0 Å². The molecule has 0 saturated heterocycles. The van der Waals surface area contributed by atoms with E-state index in [1.165, 1.54) is 0 Å². The third-order valence-corrected chi connectivity index (χ3v) is 3.97. The molecule has 0 aliphatic heterocycles. The fourth-order valence-corrected chi connectivity index (χ4v) is 2.29. The first-order valence-electron chi connectivity index (χ1n) is 8.49. The Kier molecular flexibility index (Phi) is 9.62. The quantitative estimate of drug-likeness (QED) is 0.279. The van der Waals surface area contributed by atoms with Crippen LogP contribution in [0.15, 0.2) is 24.3 Å². The molecule has 7 nitrogen and oxygen atoms in total. The number of unbranched alkanes of at least 4 members (excludes halogenated alkanes) is 2. The summed E-state index contributed by atoms with van der Waals surface area (Å²) < 4.78 is 4.91. The maximum atomic E-state index is 11.9. The zero-order chi connectivity index (χ0) is 18.8. The summed E-state index contributed by atoms with van der Waals surface area (Å²) in [4.78, 5) is 11.9. The molecule has 0 amide bonds. The summed E-state index contributed by atoms with van der Waals surface area (Å²) in [6.07, 6.45) is -2.36. The number of ether oxygens (including phenoxy) is 1. The van der Waals surface area contributed by atoms with Crippen molar-refractivity contribution < 1.29 is 35.1 Å².